The van der Waals surface area contributed by atoms with Crippen molar-refractivity contribution in [2.24, 2.45) is 0 Å². The highest BCUT2D eigenvalue weighted by atomic mass is 15.4. The van der Waals surface area contributed by atoms with Crippen LogP contribution in [0.1, 0.15) is 34.1 Å². The Bertz CT molecular complexity index is 109. The van der Waals surface area contributed by atoms with Crippen LogP contribution in [0.15, 0.2) is 0 Å². The Balaban J connectivity index is 2.38. The van der Waals surface area contributed by atoms with E-state index in [1.807, 2.05) is 0 Å². The lowest BCUT2D eigenvalue weighted by Crippen LogP contribution is -2.18. The number of hydrogen-bond donors (Lipinski definition) is 0. The Kier molecular flexibility index (Phi) is 1.55. The van der Waals surface area contributed by atoms with Crippen LogP contribution in [0, 0.1) is 0 Å². The van der Waals surface area contributed by atoms with E-state index in [0.29, 0.717) is 5.54 Å². The van der Waals surface area contributed by atoms with Crippen molar-refractivity contribution >= 4 is 0 Å². The summed E-state index contributed by atoms with van der Waals surface area (Å²) >= 11 is 0. The number of hydrogen-bond acceptors (Lipinski definition) is 1. The second-order valence-corrected chi connectivity index (χ2v) is 3.57. The van der Waals surface area contributed by atoms with Gasteiger partial charge in [0, 0.05) is 18.1 Å². The summed E-state index contributed by atoms with van der Waals surface area (Å²) in [4.78, 5) is 2.53. The Morgan fingerprint density at radius 1 is 1.56 bits per heavy atom. The Hall–Kier alpha value is -0.0400. The molecule has 0 aromatic heterocycles. The van der Waals surface area contributed by atoms with Gasteiger partial charge < -0.3 is 0 Å². The normalized spacial score (nSPS) is 41.7. The van der Waals surface area contributed by atoms with Gasteiger partial charge in [0.05, 0.1) is 0 Å². The molecule has 0 aromatic carbocycles. The minimum atomic E-state index is 0.564. The molecule has 1 saturated heterocycles. The third kappa shape index (κ3) is 1.11. The predicted molar refractivity (Wildman–Crippen MR) is 40.5 cm³/mol. The predicted octanol–water partition coefficient (Wildman–Crippen LogP) is 1.88. The van der Waals surface area contributed by atoms with Gasteiger partial charge in [0.1, 0.15) is 0 Å². The van der Waals surface area contributed by atoms with E-state index in [9.17, 15) is 0 Å². The van der Waals surface area contributed by atoms with Gasteiger partial charge in [0.2, 0.25) is 0 Å². The molecule has 0 amide bonds. The zero-order valence-electron chi connectivity index (χ0n) is 6.94. The zero-order valence-corrected chi connectivity index (χ0v) is 6.94. The van der Waals surface area contributed by atoms with Crippen molar-refractivity contribution in [1.29, 1.82) is 0 Å². The highest BCUT2D eigenvalue weighted by Gasteiger charge is 2.46. The molecule has 1 rings (SSSR count). The first-order valence-corrected chi connectivity index (χ1v) is 3.87. The molecule has 0 radical (unpaired) electrons. The van der Waals surface area contributed by atoms with E-state index in [1.165, 1.54) is 13.0 Å². The third-order valence-corrected chi connectivity index (χ3v) is 2.49. The van der Waals surface area contributed by atoms with Crippen LogP contribution >= 0.6 is 0 Å². The van der Waals surface area contributed by atoms with Crippen LogP contribution in [-0.4, -0.2) is 23.0 Å². The Labute approximate surface area is 58.0 Å². The van der Waals surface area contributed by atoms with Gasteiger partial charge in [0.15, 0.2) is 0 Å². The van der Waals surface area contributed by atoms with Gasteiger partial charge in [-0.05, 0) is 27.2 Å². The van der Waals surface area contributed by atoms with Crippen molar-refractivity contribution in [3.8, 4) is 0 Å². The van der Waals surface area contributed by atoms with Crippen LogP contribution in [0.2, 0.25) is 0 Å². The lowest BCUT2D eigenvalue weighted by atomic mass is 10.1. The van der Waals surface area contributed by atoms with E-state index in [0.717, 1.165) is 6.04 Å². The fourth-order valence-corrected chi connectivity index (χ4v) is 1.45. The molecule has 0 saturated carbocycles. The summed E-state index contributed by atoms with van der Waals surface area (Å²) in [6.07, 6.45) is 1.30. The molecular formula is C8H17N. The van der Waals surface area contributed by atoms with Gasteiger partial charge in [0.25, 0.3) is 0 Å². The van der Waals surface area contributed by atoms with Crippen molar-refractivity contribution < 1.29 is 0 Å². The van der Waals surface area contributed by atoms with E-state index in [4.69, 9.17) is 0 Å². The summed E-state index contributed by atoms with van der Waals surface area (Å²) in [5.74, 6) is 0. The van der Waals surface area contributed by atoms with Crippen LogP contribution in [-0.2, 0) is 0 Å². The quantitative estimate of drug-likeness (QED) is 0.512. The van der Waals surface area contributed by atoms with Gasteiger partial charge in [-0.3, -0.25) is 4.90 Å². The zero-order chi connectivity index (χ0) is 7.07. The van der Waals surface area contributed by atoms with Crippen LogP contribution in [0.3, 0.4) is 0 Å². The molecule has 1 aliphatic rings. The molecule has 1 aliphatic heterocycles. The monoisotopic (exact) mass is 127 g/mol. The largest absolute Gasteiger partial charge is 0.292 e. The third-order valence-electron chi connectivity index (χ3n) is 2.49. The Morgan fingerprint density at radius 3 is 2.22 bits per heavy atom. The van der Waals surface area contributed by atoms with Crippen LogP contribution < -0.4 is 0 Å². The summed E-state index contributed by atoms with van der Waals surface area (Å²) < 4.78 is 0. The Morgan fingerprint density at radius 2 is 2.11 bits per heavy atom. The molecule has 0 aliphatic carbocycles. The first-order chi connectivity index (χ1) is 4.10. The van der Waals surface area contributed by atoms with E-state index in [-0.39, 0.29) is 0 Å². The molecule has 0 spiro atoms. The van der Waals surface area contributed by atoms with Gasteiger partial charge in [-0.2, -0.15) is 0 Å². The molecule has 1 fully saturated rings. The molecular weight excluding hydrogens is 110 g/mol. The van der Waals surface area contributed by atoms with Gasteiger partial charge >= 0.3 is 0 Å². The fourth-order valence-electron chi connectivity index (χ4n) is 1.45. The first kappa shape index (κ1) is 7.07. The molecule has 0 aromatic rings. The van der Waals surface area contributed by atoms with Crippen LogP contribution in [0.5, 0.6) is 0 Å². The van der Waals surface area contributed by atoms with Crippen LogP contribution in [0.4, 0.5) is 0 Å². The molecule has 9 heavy (non-hydrogen) atoms. The van der Waals surface area contributed by atoms with Gasteiger partial charge in [-0.15, -0.1) is 0 Å². The second kappa shape index (κ2) is 1.98. The highest BCUT2D eigenvalue weighted by Crippen LogP contribution is 2.36. The summed E-state index contributed by atoms with van der Waals surface area (Å²) in [7, 11) is 0. The summed E-state index contributed by atoms with van der Waals surface area (Å²) in [5.41, 5.74) is 0.564. The standard InChI is InChI=1S/C8H17N/c1-5-8(4)6-9(8)7(2)3/h7H,5-6H2,1-4H3. The van der Waals surface area contributed by atoms with Gasteiger partial charge in [-0.25, -0.2) is 0 Å². The smallest absolute Gasteiger partial charge is 0.0309 e. The maximum absolute atomic E-state index is 2.53. The maximum atomic E-state index is 2.53. The molecule has 2 unspecified atom stereocenters. The van der Waals surface area contributed by atoms with Crippen molar-refractivity contribution in [2.45, 2.75) is 45.7 Å². The lowest BCUT2D eigenvalue weighted by molar-refractivity contribution is 0.355. The molecule has 0 N–H and O–H groups in total. The lowest BCUT2D eigenvalue weighted by Gasteiger charge is -2.12. The van der Waals surface area contributed by atoms with E-state index < -0.39 is 0 Å². The topological polar surface area (TPSA) is 3.01 Å². The molecule has 54 valence electrons. The average Bonchev–Trinajstić information content (AvgIpc) is 2.44. The molecule has 1 heterocycles. The SMILES string of the molecule is CCC1(C)CN1C(C)C. The summed E-state index contributed by atoms with van der Waals surface area (Å²) in [5, 5.41) is 0. The van der Waals surface area contributed by atoms with Crippen molar-refractivity contribution in [1.82, 2.24) is 4.90 Å². The maximum Gasteiger partial charge on any atom is 0.0309 e. The fraction of sp³-hybridized carbons (Fsp3) is 1.00. The molecule has 2 atom stereocenters. The van der Waals surface area contributed by atoms with Crippen LogP contribution in [0.25, 0.3) is 0 Å². The summed E-state index contributed by atoms with van der Waals surface area (Å²) in [6, 6.07) is 0.745. The van der Waals surface area contributed by atoms with Gasteiger partial charge in [-0.1, -0.05) is 6.92 Å². The molecule has 0 bridgehead atoms. The van der Waals surface area contributed by atoms with E-state index >= 15 is 0 Å². The minimum absolute atomic E-state index is 0.564. The van der Waals surface area contributed by atoms with Crippen molar-refractivity contribution in [3.05, 3.63) is 0 Å². The number of rotatable bonds is 2. The summed E-state index contributed by atoms with van der Waals surface area (Å²) in [6.45, 7) is 10.4. The second-order valence-electron chi connectivity index (χ2n) is 3.57. The van der Waals surface area contributed by atoms with E-state index in [1.54, 1.807) is 0 Å². The first-order valence-electron chi connectivity index (χ1n) is 3.87. The van der Waals surface area contributed by atoms with Crippen molar-refractivity contribution in [2.75, 3.05) is 6.54 Å². The van der Waals surface area contributed by atoms with E-state index in [2.05, 4.69) is 32.6 Å². The molecule has 1 nitrogen and oxygen atoms in total. The highest BCUT2D eigenvalue weighted by molar-refractivity contribution is 5.03. The molecule has 1 heteroatoms. The minimum Gasteiger partial charge on any atom is -0.292 e. The average molecular weight is 127 g/mol. The number of nitrogens with zero attached hydrogens (tertiary/aromatic N) is 1. The van der Waals surface area contributed by atoms with Crippen molar-refractivity contribution in [3.63, 3.8) is 0 Å².